The first-order valence-electron chi connectivity index (χ1n) is 11.3. The second-order valence-electron chi connectivity index (χ2n) is 8.34. The quantitative estimate of drug-likeness (QED) is 0.230. The van der Waals surface area contributed by atoms with Gasteiger partial charge in [-0.25, -0.2) is 0 Å². The molecular formula is C29H31PSi. The van der Waals surface area contributed by atoms with Gasteiger partial charge in [0.1, 0.15) is 0 Å². The molecule has 0 nitrogen and oxygen atoms in total. The minimum absolute atomic E-state index is 0.632. The van der Waals surface area contributed by atoms with E-state index in [0.29, 0.717) is 0 Å². The standard InChI is InChI=1S/C29H31PSi/c1-4-31(3,5-2)29-23-15-13-21-27(29)26-20-12-14-22-28(26)30(24-16-8-6-9-17-24)25-18-10-7-11-19-25/h6-23H,4-5H2,1-3H3. The van der Waals surface area contributed by atoms with Crippen molar-refractivity contribution in [1.29, 1.82) is 0 Å². The molecule has 0 N–H and O–H groups in total. The van der Waals surface area contributed by atoms with Crippen LogP contribution in [0, 0.1) is 0 Å². The Morgan fingerprint density at radius 3 is 1.55 bits per heavy atom. The molecule has 0 bridgehead atoms. The molecule has 4 aromatic carbocycles. The monoisotopic (exact) mass is 438 g/mol. The molecule has 0 saturated carbocycles. The lowest BCUT2D eigenvalue weighted by molar-refractivity contribution is 1.27. The van der Waals surface area contributed by atoms with Crippen molar-refractivity contribution in [2.45, 2.75) is 32.5 Å². The second-order valence-corrected chi connectivity index (χ2v) is 15.6. The van der Waals surface area contributed by atoms with E-state index in [2.05, 4.69) is 130 Å². The van der Waals surface area contributed by atoms with E-state index in [1.165, 1.54) is 39.1 Å². The molecular weight excluding hydrogens is 407 g/mol. The Bertz CT molecular complexity index is 1080. The van der Waals surface area contributed by atoms with E-state index in [1.54, 1.807) is 5.19 Å². The van der Waals surface area contributed by atoms with Crippen LogP contribution < -0.4 is 21.1 Å². The average molecular weight is 439 g/mol. The highest BCUT2D eigenvalue weighted by atomic mass is 31.1. The molecule has 31 heavy (non-hydrogen) atoms. The lowest BCUT2D eigenvalue weighted by Crippen LogP contribution is -2.44. The second kappa shape index (κ2) is 9.77. The Balaban J connectivity index is 1.96. The molecule has 0 fully saturated rings. The van der Waals surface area contributed by atoms with Crippen molar-refractivity contribution in [3.05, 3.63) is 109 Å². The minimum atomic E-state index is -1.51. The fraction of sp³-hybridized carbons (Fsp3) is 0.172. The molecule has 0 aliphatic rings. The average Bonchev–Trinajstić information content (AvgIpc) is 2.85. The summed E-state index contributed by atoms with van der Waals surface area (Å²) in [6.45, 7) is 7.30. The van der Waals surface area contributed by atoms with Gasteiger partial charge in [0.2, 0.25) is 0 Å². The van der Waals surface area contributed by atoms with Crippen LogP contribution in [0.1, 0.15) is 13.8 Å². The van der Waals surface area contributed by atoms with E-state index >= 15 is 0 Å². The van der Waals surface area contributed by atoms with E-state index in [4.69, 9.17) is 0 Å². The van der Waals surface area contributed by atoms with E-state index in [1.807, 2.05) is 0 Å². The zero-order chi connectivity index (χ0) is 21.7. The van der Waals surface area contributed by atoms with Gasteiger partial charge in [-0.1, -0.05) is 147 Å². The van der Waals surface area contributed by atoms with Crippen molar-refractivity contribution < 1.29 is 0 Å². The third kappa shape index (κ3) is 4.44. The van der Waals surface area contributed by atoms with Gasteiger partial charge in [0.05, 0.1) is 8.07 Å². The van der Waals surface area contributed by atoms with Gasteiger partial charge in [-0.2, -0.15) is 0 Å². The number of benzene rings is 4. The van der Waals surface area contributed by atoms with Crippen LogP contribution >= 0.6 is 7.92 Å². The molecule has 0 amide bonds. The maximum atomic E-state index is 2.55. The Kier molecular flexibility index (Phi) is 6.85. The fourth-order valence-electron chi connectivity index (χ4n) is 4.35. The van der Waals surface area contributed by atoms with Gasteiger partial charge in [-0.15, -0.1) is 0 Å². The summed E-state index contributed by atoms with van der Waals surface area (Å²) in [5.41, 5.74) is 2.84. The molecule has 0 saturated heterocycles. The molecule has 2 heteroatoms. The summed E-state index contributed by atoms with van der Waals surface area (Å²) in [5, 5.41) is 5.86. The molecule has 0 aliphatic carbocycles. The van der Waals surface area contributed by atoms with Gasteiger partial charge in [-0.05, 0) is 35.0 Å². The van der Waals surface area contributed by atoms with Gasteiger partial charge in [0.15, 0.2) is 0 Å². The molecule has 0 atom stereocenters. The van der Waals surface area contributed by atoms with Crippen molar-refractivity contribution in [2.24, 2.45) is 0 Å². The lowest BCUT2D eigenvalue weighted by atomic mass is 10.1. The molecule has 0 spiro atoms. The Morgan fingerprint density at radius 1 is 0.548 bits per heavy atom. The van der Waals surface area contributed by atoms with Gasteiger partial charge >= 0.3 is 0 Å². The van der Waals surface area contributed by atoms with E-state index in [9.17, 15) is 0 Å². The molecule has 0 aromatic heterocycles. The Morgan fingerprint density at radius 2 is 1.00 bits per heavy atom. The minimum Gasteiger partial charge on any atom is -0.0675 e. The zero-order valence-corrected chi connectivity index (χ0v) is 20.6. The summed E-state index contributed by atoms with van der Waals surface area (Å²) in [7, 11) is -2.14. The molecule has 0 heterocycles. The first-order valence-corrected chi connectivity index (χ1v) is 15.5. The summed E-state index contributed by atoms with van der Waals surface area (Å²) < 4.78 is 0. The van der Waals surface area contributed by atoms with Gasteiger partial charge < -0.3 is 0 Å². The number of rotatable bonds is 7. The summed E-state index contributed by atoms with van der Waals surface area (Å²) in [4.78, 5) is 0. The maximum Gasteiger partial charge on any atom is 0.0839 e. The van der Waals surface area contributed by atoms with Gasteiger partial charge in [-0.3, -0.25) is 0 Å². The first-order chi connectivity index (χ1) is 15.2. The van der Waals surface area contributed by atoms with Crippen LogP contribution in [-0.4, -0.2) is 8.07 Å². The summed E-state index contributed by atoms with van der Waals surface area (Å²) >= 11 is 0. The fourth-order valence-corrected chi connectivity index (χ4v) is 9.45. The third-order valence-corrected chi connectivity index (χ3v) is 14.0. The van der Waals surface area contributed by atoms with Gasteiger partial charge in [0.25, 0.3) is 0 Å². The van der Waals surface area contributed by atoms with Crippen LogP contribution in [-0.2, 0) is 0 Å². The zero-order valence-electron chi connectivity index (χ0n) is 18.8. The van der Waals surface area contributed by atoms with Crippen LogP contribution in [0.2, 0.25) is 18.6 Å². The molecule has 0 radical (unpaired) electrons. The molecule has 0 unspecified atom stereocenters. The first kappa shape index (κ1) is 21.7. The van der Waals surface area contributed by atoms with Gasteiger partial charge in [0, 0.05) is 0 Å². The van der Waals surface area contributed by atoms with Crippen LogP contribution in [0.3, 0.4) is 0 Å². The van der Waals surface area contributed by atoms with Crippen LogP contribution in [0.4, 0.5) is 0 Å². The third-order valence-electron chi connectivity index (χ3n) is 6.60. The lowest BCUT2D eigenvalue weighted by Gasteiger charge is -2.29. The van der Waals surface area contributed by atoms with Crippen LogP contribution in [0.15, 0.2) is 109 Å². The maximum absolute atomic E-state index is 2.55. The number of hydrogen-bond acceptors (Lipinski definition) is 0. The highest BCUT2D eigenvalue weighted by Crippen LogP contribution is 2.37. The van der Waals surface area contributed by atoms with E-state index in [0.717, 1.165) is 0 Å². The summed E-state index contributed by atoms with van der Waals surface area (Å²) in [6.07, 6.45) is 0. The van der Waals surface area contributed by atoms with Crippen molar-refractivity contribution >= 4 is 37.1 Å². The molecule has 0 aliphatic heterocycles. The largest absolute Gasteiger partial charge is 0.0839 e. The summed E-state index contributed by atoms with van der Waals surface area (Å²) in [5.74, 6) is 0. The smallest absolute Gasteiger partial charge is 0.0675 e. The van der Waals surface area contributed by atoms with Crippen LogP contribution in [0.5, 0.6) is 0 Å². The number of hydrogen-bond donors (Lipinski definition) is 0. The topological polar surface area (TPSA) is 0 Å². The van der Waals surface area contributed by atoms with Crippen molar-refractivity contribution in [3.8, 4) is 11.1 Å². The predicted octanol–water partition coefficient (Wildman–Crippen LogP) is 6.44. The molecule has 156 valence electrons. The van der Waals surface area contributed by atoms with E-state index < -0.39 is 16.0 Å². The summed E-state index contributed by atoms with van der Waals surface area (Å²) in [6, 6.07) is 42.9. The Labute approximate surface area is 189 Å². The normalized spacial score (nSPS) is 11.6. The van der Waals surface area contributed by atoms with Crippen molar-refractivity contribution in [3.63, 3.8) is 0 Å². The SMILES string of the molecule is CC[Si](C)(CC)c1ccccc1-c1ccccc1P(c1ccccc1)c1ccccc1. The highest BCUT2D eigenvalue weighted by Gasteiger charge is 2.29. The molecule has 4 rings (SSSR count). The van der Waals surface area contributed by atoms with Crippen molar-refractivity contribution in [1.82, 2.24) is 0 Å². The Hall–Kier alpha value is -2.47. The van der Waals surface area contributed by atoms with Crippen molar-refractivity contribution in [2.75, 3.05) is 0 Å². The highest BCUT2D eigenvalue weighted by molar-refractivity contribution is 7.80. The predicted molar refractivity (Wildman–Crippen MR) is 143 cm³/mol. The van der Waals surface area contributed by atoms with Crippen LogP contribution in [0.25, 0.3) is 11.1 Å². The van der Waals surface area contributed by atoms with E-state index in [-0.39, 0.29) is 0 Å². The molecule has 4 aromatic rings.